The normalized spacial score (nSPS) is 14.7. The van der Waals surface area contributed by atoms with Crippen molar-refractivity contribution in [2.75, 3.05) is 13.2 Å². The number of aliphatic hydroxyl groups excluding tert-OH is 2. The highest BCUT2D eigenvalue weighted by Crippen LogP contribution is 2.29. The maximum atomic E-state index is 12.9. The second-order valence-corrected chi connectivity index (χ2v) is 13.6. The molecule has 0 saturated carbocycles. The molecule has 2 atom stereocenters. The van der Waals surface area contributed by atoms with E-state index in [-0.39, 0.29) is 12.8 Å². The number of hydrogen-bond acceptors (Lipinski definition) is 6. The van der Waals surface area contributed by atoms with Gasteiger partial charge < -0.3 is 20.4 Å². The largest absolute Gasteiger partial charge is 0.393 e. The van der Waals surface area contributed by atoms with Crippen LogP contribution in [0.5, 0.6) is 0 Å². The average Bonchev–Trinajstić information content (AvgIpc) is 3.07. The molecule has 0 unspecified atom stereocenters. The van der Waals surface area contributed by atoms with E-state index in [2.05, 4.69) is 38.2 Å². The maximum Gasteiger partial charge on any atom is 0.184 e. The Morgan fingerprint density at radius 1 is 0.413 bits per heavy atom. The van der Waals surface area contributed by atoms with E-state index in [0.29, 0.717) is 12.8 Å². The van der Waals surface area contributed by atoms with Crippen LogP contribution in [0, 0.1) is 0 Å². The number of ketones is 2. The Kier molecular flexibility index (Phi) is 30.1. The fraction of sp³-hybridized carbons (Fsp3) is 0.850. The van der Waals surface area contributed by atoms with Crippen LogP contribution in [-0.2, 0) is 9.59 Å². The molecule has 0 aromatic heterocycles. The number of rotatable bonds is 35. The summed E-state index contributed by atoms with van der Waals surface area (Å²) in [5.41, 5.74) is -5.39. The molecule has 0 aliphatic carbocycles. The predicted octanol–water partition coefficient (Wildman–Crippen LogP) is 9.65. The van der Waals surface area contributed by atoms with Crippen LogP contribution in [0.25, 0.3) is 0 Å². The zero-order valence-electron chi connectivity index (χ0n) is 30.1. The minimum absolute atomic E-state index is 0.0573. The van der Waals surface area contributed by atoms with Gasteiger partial charge in [0.2, 0.25) is 0 Å². The molecule has 4 N–H and O–H groups in total. The molecule has 0 aliphatic heterocycles. The molecule has 46 heavy (non-hydrogen) atoms. The molecule has 270 valence electrons. The number of Topliss-reactive ketones (excluding diaryl/α,β-unsaturated/α-hetero) is 2. The van der Waals surface area contributed by atoms with Crippen molar-refractivity contribution in [3.63, 3.8) is 0 Å². The molecule has 0 bridgehead atoms. The fourth-order valence-corrected chi connectivity index (χ4v) is 6.03. The van der Waals surface area contributed by atoms with Crippen molar-refractivity contribution in [1.29, 1.82) is 0 Å². The van der Waals surface area contributed by atoms with Gasteiger partial charge in [0.25, 0.3) is 0 Å². The predicted molar refractivity (Wildman–Crippen MR) is 193 cm³/mol. The van der Waals surface area contributed by atoms with Crippen molar-refractivity contribution in [2.45, 2.75) is 205 Å². The first kappa shape index (κ1) is 44.7. The quantitative estimate of drug-likeness (QED) is 0.0401. The van der Waals surface area contributed by atoms with Gasteiger partial charge in [0.15, 0.2) is 22.8 Å². The van der Waals surface area contributed by atoms with Crippen LogP contribution in [0.2, 0.25) is 0 Å². The number of allylic oxidation sites excluding steroid dienone is 4. The Balaban J connectivity index is 4.17. The van der Waals surface area contributed by atoms with E-state index in [1.165, 1.54) is 77.0 Å². The topological polar surface area (TPSA) is 115 Å². The minimum atomic E-state index is -2.69. The van der Waals surface area contributed by atoms with E-state index in [1.807, 2.05) is 0 Å². The van der Waals surface area contributed by atoms with Crippen LogP contribution in [0.15, 0.2) is 24.3 Å². The first-order valence-corrected chi connectivity index (χ1v) is 19.4. The number of carbonyl (C=O) groups is 2. The van der Waals surface area contributed by atoms with Gasteiger partial charge in [-0.1, -0.05) is 141 Å². The Morgan fingerprint density at radius 3 is 0.913 bits per heavy atom. The van der Waals surface area contributed by atoms with E-state index < -0.39 is 36.0 Å². The second-order valence-electron chi connectivity index (χ2n) is 13.6. The van der Waals surface area contributed by atoms with Gasteiger partial charge in [-0.15, -0.1) is 0 Å². The molecule has 6 heteroatoms. The number of carbonyl (C=O) groups excluding carboxylic acids is 2. The SMILES string of the molecule is CCCCCCCC/C=C\CCCCCCCC(=O)[C@](O)(CO)[C@](O)(CO)C(=O)CCCCCCC/C=C\CCCCCCCC. The molecule has 0 saturated heterocycles. The Morgan fingerprint density at radius 2 is 0.652 bits per heavy atom. The molecule has 0 radical (unpaired) electrons. The van der Waals surface area contributed by atoms with Crippen LogP contribution in [0.3, 0.4) is 0 Å². The molecule has 0 spiro atoms. The highest BCUT2D eigenvalue weighted by atomic mass is 16.4. The third-order valence-electron chi connectivity index (χ3n) is 9.40. The monoisotopic (exact) mass is 651 g/mol. The van der Waals surface area contributed by atoms with Gasteiger partial charge in [0.1, 0.15) is 0 Å². The first-order chi connectivity index (χ1) is 22.3. The molecule has 0 heterocycles. The molecule has 0 aliphatic rings. The molecule has 0 rings (SSSR count). The molecule has 0 aromatic carbocycles. The van der Waals surface area contributed by atoms with Gasteiger partial charge >= 0.3 is 0 Å². The first-order valence-electron chi connectivity index (χ1n) is 19.4. The number of aliphatic hydroxyl groups is 4. The molecular formula is C40H74O6. The van der Waals surface area contributed by atoms with Gasteiger partial charge in [0.05, 0.1) is 13.2 Å². The summed E-state index contributed by atoms with van der Waals surface area (Å²) >= 11 is 0. The lowest BCUT2D eigenvalue weighted by Crippen LogP contribution is -2.67. The van der Waals surface area contributed by atoms with Crippen LogP contribution in [0.1, 0.15) is 194 Å². The van der Waals surface area contributed by atoms with Crippen LogP contribution in [0.4, 0.5) is 0 Å². The van der Waals surface area contributed by atoms with Crippen LogP contribution < -0.4 is 0 Å². The summed E-state index contributed by atoms with van der Waals surface area (Å²) < 4.78 is 0. The van der Waals surface area contributed by atoms with Gasteiger partial charge in [-0.25, -0.2) is 0 Å². The number of hydrogen-bond donors (Lipinski definition) is 4. The molecule has 0 aromatic rings. The van der Waals surface area contributed by atoms with Gasteiger partial charge in [-0.3, -0.25) is 9.59 Å². The summed E-state index contributed by atoms with van der Waals surface area (Å²) in [7, 11) is 0. The van der Waals surface area contributed by atoms with Crippen molar-refractivity contribution in [3.8, 4) is 0 Å². The lowest BCUT2D eigenvalue weighted by molar-refractivity contribution is -0.198. The third kappa shape index (κ3) is 20.8. The highest BCUT2D eigenvalue weighted by molar-refractivity contribution is 5.99. The van der Waals surface area contributed by atoms with Gasteiger partial charge in [-0.05, 0) is 64.2 Å². The average molecular weight is 651 g/mol. The fourth-order valence-electron chi connectivity index (χ4n) is 6.03. The van der Waals surface area contributed by atoms with Crippen molar-refractivity contribution < 1.29 is 30.0 Å². The van der Waals surface area contributed by atoms with Crippen LogP contribution >= 0.6 is 0 Å². The van der Waals surface area contributed by atoms with Gasteiger partial charge in [0, 0.05) is 12.8 Å². The van der Waals surface area contributed by atoms with E-state index in [0.717, 1.165) is 77.0 Å². The summed E-state index contributed by atoms with van der Waals surface area (Å²) in [4.78, 5) is 25.8. The van der Waals surface area contributed by atoms with E-state index in [1.54, 1.807) is 0 Å². The lowest BCUT2D eigenvalue weighted by atomic mass is 9.75. The Hall–Kier alpha value is -1.34. The number of unbranched alkanes of at least 4 members (excludes halogenated alkanes) is 22. The standard InChI is InChI=1S/C40H74O6/c1-3-5-7-9-11-13-15-17-19-21-23-25-27-29-31-33-37(43)39(45,35-41)40(46,36-42)38(44)34-32-30-28-26-24-22-20-18-16-14-12-10-8-6-4-2/h17-20,41-42,45-46H,3-16,21-36H2,1-2H3/b19-17-,20-18-/t39-,40+. The van der Waals surface area contributed by atoms with E-state index in [4.69, 9.17) is 0 Å². The Bertz CT molecular complexity index is 714. The molecular weight excluding hydrogens is 576 g/mol. The van der Waals surface area contributed by atoms with Crippen molar-refractivity contribution in [3.05, 3.63) is 24.3 Å². The third-order valence-corrected chi connectivity index (χ3v) is 9.40. The summed E-state index contributed by atoms with van der Waals surface area (Å²) in [6.07, 6.45) is 38.0. The minimum Gasteiger partial charge on any atom is -0.393 e. The molecule has 0 fully saturated rings. The summed E-state index contributed by atoms with van der Waals surface area (Å²) in [6, 6.07) is 0. The lowest BCUT2D eigenvalue weighted by Gasteiger charge is -2.39. The van der Waals surface area contributed by atoms with Gasteiger partial charge in [-0.2, -0.15) is 0 Å². The van der Waals surface area contributed by atoms with Crippen LogP contribution in [-0.4, -0.2) is 56.4 Å². The van der Waals surface area contributed by atoms with Crippen molar-refractivity contribution >= 4 is 11.6 Å². The smallest absolute Gasteiger partial charge is 0.184 e. The molecule has 6 nitrogen and oxygen atoms in total. The zero-order chi connectivity index (χ0) is 34.2. The van der Waals surface area contributed by atoms with E-state index >= 15 is 0 Å². The summed E-state index contributed by atoms with van der Waals surface area (Å²) in [5.74, 6) is -1.58. The second kappa shape index (κ2) is 31.0. The van der Waals surface area contributed by atoms with Crippen molar-refractivity contribution in [2.24, 2.45) is 0 Å². The zero-order valence-corrected chi connectivity index (χ0v) is 30.1. The summed E-state index contributed by atoms with van der Waals surface area (Å²) in [5, 5.41) is 41.7. The highest BCUT2D eigenvalue weighted by Gasteiger charge is 2.57. The molecule has 0 amide bonds. The van der Waals surface area contributed by atoms with E-state index in [9.17, 15) is 30.0 Å². The van der Waals surface area contributed by atoms with Crippen molar-refractivity contribution in [1.82, 2.24) is 0 Å². The maximum absolute atomic E-state index is 12.9. The Labute approximate surface area is 283 Å². The summed E-state index contributed by atoms with van der Waals surface area (Å²) in [6.45, 7) is 2.27.